The molecule has 1 aliphatic heterocycles. The van der Waals surface area contributed by atoms with Gasteiger partial charge in [0.2, 0.25) is 11.8 Å². The number of hydrogen-bond donors (Lipinski definition) is 2. The predicted octanol–water partition coefficient (Wildman–Crippen LogP) is 4.24. The zero-order valence-electron chi connectivity index (χ0n) is 20.1. The molecule has 2 N–H and O–H groups in total. The van der Waals surface area contributed by atoms with Gasteiger partial charge in [-0.2, -0.15) is 5.26 Å². The van der Waals surface area contributed by atoms with Gasteiger partial charge in [-0.25, -0.2) is 4.39 Å². The molecule has 182 valence electrons. The molecule has 1 heterocycles. The minimum Gasteiger partial charge on any atom is -0.353 e. The molecular weight excluding hydrogens is 407 g/mol. The lowest BCUT2D eigenvalue weighted by Gasteiger charge is -2.37. The quantitative estimate of drug-likeness (QED) is 0.411. The molecular formula is C25H43FN4O2. The van der Waals surface area contributed by atoms with E-state index in [0.29, 0.717) is 6.54 Å². The van der Waals surface area contributed by atoms with E-state index in [1.807, 2.05) is 6.07 Å². The number of carbonyl (C=O) groups excluding carboxylic acids is 2. The van der Waals surface area contributed by atoms with E-state index in [2.05, 4.69) is 24.5 Å². The molecule has 2 rings (SSSR count). The van der Waals surface area contributed by atoms with Crippen molar-refractivity contribution in [2.75, 3.05) is 19.6 Å². The lowest BCUT2D eigenvalue weighted by atomic mass is 9.70. The van der Waals surface area contributed by atoms with Crippen molar-refractivity contribution in [2.45, 2.75) is 116 Å². The van der Waals surface area contributed by atoms with Gasteiger partial charge < -0.3 is 15.5 Å². The first-order valence-corrected chi connectivity index (χ1v) is 12.8. The van der Waals surface area contributed by atoms with E-state index in [4.69, 9.17) is 5.26 Å². The molecule has 1 saturated heterocycles. The van der Waals surface area contributed by atoms with Gasteiger partial charge >= 0.3 is 0 Å². The van der Waals surface area contributed by atoms with Crippen LogP contribution in [0.2, 0.25) is 0 Å². The van der Waals surface area contributed by atoms with Crippen LogP contribution in [0, 0.1) is 16.7 Å². The number of nitrogens with zero attached hydrogens (tertiary/aromatic N) is 2. The first-order valence-electron chi connectivity index (χ1n) is 12.8. The van der Waals surface area contributed by atoms with Crippen LogP contribution < -0.4 is 10.6 Å². The number of alkyl halides is 1. The lowest BCUT2D eigenvalue weighted by Crippen LogP contribution is -2.46. The zero-order chi connectivity index (χ0) is 23.4. The van der Waals surface area contributed by atoms with Crippen LogP contribution in [0.4, 0.5) is 4.39 Å². The van der Waals surface area contributed by atoms with Gasteiger partial charge in [-0.3, -0.25) is 9.59 Å². The highest BCUT2D eigenvalue weighted by Gasteiger charge is 2.39. The maximum atomic E-state index is 13.5. The van der Waals surface area contributed by atoms with Crippen LogP contribution in [0.15, 0.2) is 0 Å². The maximum absolute atomic E-state index is 13.5. The number of unbranched alkanes of at least 4 members (excludes halogenated alkanes) is 3. The van der Waals surface area contributed by atoms with Crippen molar-refractivity contribution in [2.24, 2.45) is 5.41 Å². The summed E-state index contributed by atoms with van der Waals surface area (Å²) in [4.78, 5) is 26.9. The lowest BCUT2D eigenvalue weighted by molar-refractivity contribution is -0.134. The van der Waals surface area contributed by atoms with E-state index in [0.717, 1.165) is 51.4 Å². The van der Waals surface area contributed by atoms with Crippen LogP contribution in [0.5, 0.6) is 0 Å². The van der Waals surface area contributed by atoms with Gasteiger partial charge in [0.05, 0.1) is 19.2 Å². The Balaban J connectivity index is 1.75. The molecule has 0 bridgehead atoms. The fraction of sp³-hybridized carbons (Fsp3) is 0.880. The van der Waals surface area contributed by atoms with Crippen LogP contribution in [-0.2, 0) is 9.59 Å². The normalized spacial score (nSPS) is 23.5. The molecule has 2 fully saturated rings. The number of nitrogens with one attached hydrogen (secondary N) is 2. The summed E-state index contributed by atoms with van der Waals surface area (Å²) in [5, 5.41) is 15.5. The number of carbonyl (C=O) groups is 2. The monoisotopic (exact) mass is 450 g/mol. The van der Waals surface area contributed by atoms with Gasteiger partial charge in [0, 0.05) is 17.9 Å². The third-order valence-electron chi connectivity index (χ3n) is 7.17. The third kappa shape index (κ3) is 8.03. The number of likely N-dealkylation sites (tertiary alicyclic amines) is 1. The molecule has 2 amide bonds. The Morgan fingerprint density at radius 2 is 1.94 bits per heavy atom. The third-order valence-corrected chi connectivity index (χ3v) is 7.17. The summed E-state index contributed by atoms with van der Waals surface area (Å²) in [7, 11) is 0. The number of amides is 2. The molecule has 1 unspecified atom stereocenters. The van der Waals surface area contributed by atoms with E-state index >= 15 is 0 Å². The molecule has 1 saturated carbocycles. The Labute approximate surface area is 193 Å². The summed E-state index contributed by atoms with van der Waals surface area (Å²) in [6.45, 7) is 5.08. The smallest absolute Gasteiger partial charge is 0.237 e. The molecule has 6 nitrogen and oxygen atoms in total. The molecule has 2 aliphatic rings. The minimum atomic E-state index is -1.11. The summed E-state index contributed by atoms with van der Waals surface area (Å²) in [6, 6.07) is 1.57. The van der Waals surface area contributed by atoms with Gasteiger partial charge in [0.15, 0.2) is 0 Å². The first-order chi connectivity index (χ1) is 15.4. The highest BCUT2D eigenvalue weighted by atomic mass is 19.1. The van der Waals surface area contributed by atoms with Gasteiger partial charge in [-0.15, -0.1) is 0 Å². The summed E-state index contributed by atoms with van der Waals surface area (Å²) in [5.74, 6) is -0.0158. The molecule has 0 spiro atoms. The molecule has 32 heavy (non-hydrogen) atoms. The van der Waals surface area contributed by atoms with E-state index in [-0.39, 0.29) is 42.8 Å². The van der Waals surface area contributed by atoms with Crippen molar-refractivity contribution in [3.63, 3.8) is 0 Å². The predicted molar refractivity (Wildman–Crippen MR) is 125 cm³/mol. The van der Waals surface area contributed by atoms with E-state index in [1.54, 1.807) is 0 Å². The Morgan fingerprint density at radius 3 is 2.62 bits per heavy atom. The van der Waals surface area contributed by atoms with Gasteiger partial charge in [0.25, 0.3) is 0 Å². The van der Waals surface area contributed by atoms with E-state index in [1.165, 1.54) is 30.6 Å². The summed E-state index contributed by atoms with van der Waals surface area (Å²) < 4.78 is 13.5. The summed E-state index contributed by atoms with van der Waals surface area (Å²) in [5.41, 5.74) is -0.288. The van der Waals surface area contributed by atoms with Crippen LogP contribution >= 0.6 is 0 Å². The Hall–Kier alpha value is -1.68. The minimum absolute atomic E-state index is 0.0126. The summed E-state index contributed by atoms with van der Waals surface area (Å²) in [6.07, 6.45) is 11.8. The SMILES string of the molecule is CCCCCC[C@@H](C)NC(=O)C1(CCCNCC(=O)N2C[C@@H](F)CC2C#N)CCCCC1. The maximum Gasteiger partial charge on any atom is 0.237 e. The molecule has 0 aromatic heterocycles. The van der Waals surface area contributed by atoms with Crippen molar-refractivity contribution >= 4 is 11.8 Å². The second kappa shape index (κ2) is 13.8. The summed E-state index contributed by atoms with van der Waals surface area (Å²) >= 11 is 0. The topological polar surface area (TPSA) is 85.2 Å². The van der Waals surface area contributed by atoms with Crippen molar-refractivity contribution in [3.8, 4) is 6.07 Å². The average Bonchev–Trinajstić information content (AvgIpc) is 3.18. The largest absolute Gasteiger partial charge is 0.353 e. The highest BCUT2D eigenvalue weighted by Crippen LogP contribution is 2.40. The second-order valence-corrected chi connectivity index (χ2v) is 9.87. The molecule has 3 atom stereocenters. The van der Waals surface area contributed by atoms with Gasteiger partial charge in [0.1, 0.15) is 12.2 Å². The van der Waals surface area contributed by atoms with E-state index in [9.17, 15) is 14.0 Å². The Morgan fingerprint density at radius 1 is 1.19 bits per heavy atom. The fourth-order valence-corrected chi connectivity index (χ4v) is 5.18. The van der Waals surface area contributed by atoms with Gasteiger partial charge in [-0.05, 0) is 45.6 Å². The van der Waals surface area contributed by atoms with Crippen molar-refractivity contribution < 1.29 is 14.0 Å². The van der Waals surface area contributed by atoms with Crippen LogP contribution in [0.3, 0.4) is 0 Å². The van der Waals surface area contributed by atoms with Crippen LogP contribution in [0.1, 0.15) is 97.3 Å². The highest BCUT2D eigenvalue weighted by molar-refractivity contribution is 5.83. The standard InChI is InChI=1S/C25H43FN4O2/c1-3-4-5-7-11-20(2)29-24(32)25(12-8-6-9-13-25)14-10-15-28-18-23(31)30-19-21(26)16-22(30)17-27/h20-22,28H,3-16,18-19H2,1-2H3,(H,29,32)/t20-,21+,22?/m1/s1. The second-order valence-electron chi connectivity index (χ2n) is 9.87. The molecule has 0 radical (unpaired) electrons. The number of rotatable bonds is 13. The fourth-order valence-electron chi connectivity index (χ4n) is 5.18. The first kappa shape index (κ1) is 26.6. The van der Waals surface area contributed by atoms with Crippen LogP contribution in [0.25, 0.3) is 0 Å². The number of halogens is 1. The zero-order valence-corrected chi connectivity index (χ0v) is 20.1. The average molecular weight is 451 g/mol. The number of nitriles is 1. The molecule has 1 aliphatic carbocycles. The van der Waals surface area contributed by atoms with Crippen molar-refractivity contribution in [1.29, 1.82) is 5.26 Å². The molecule has 0 aromatic carbocycles. The van der Waals surface area contributed by atoms with E-state index < -0.39 is 12.2 Å². The van der Waals surface area contributed by atoms with Crippen LogP contribution in [-0.4, -0.2) is 54.6 Å². The molecule has 7 heteroatoms. The van der Waals surface area contributed by atoms with Crippen molar-refractivity contribution in [1.82, 2.24) is 15.5 Å². The van der Waals surface area contributed by atoms with Crippen molar-refractivity contribution in [3.05, 3.63) is 0 Å². The number of hydrogen-bond acceptors (Lipinski definition) is 4. The van der Waals surface area contributed by atoms with Gasteiger partial charge in [-0.1, -0.05) is 51.9 Å². The Bertz CT molecular complexity index is 630. The molecule has 0 aromatic rings. The Kier molecular flexibility index (Phi) is 11.4.